The number of amides is 2. The van der Waals surface area contributed by atoms with E-state index in [1.165, 1.54) is 18.4 Å². The first-order valence-electron chi connectivity index (χ1n) is 6.99. The van der Waals surface area contributed by atoms with Gasteiger partial charge in [-0.05, 0) is 36.8 Å². The number of furan rings is 1. The van der Waals surface area contributed by atoms with E-state index in [4.69, 9.17) is 20.8 Å². The molecule has 126 valence electrons. The smallest absolute Gasteiger partial charge is 0.374 e. The normalized spacial score (nSPS) is 10.1. The number of anilines is 1. The average Bonchev–Trinajstić information content (AvgIpc) is 3.09. The fourth-order valence-corrected chi connectivity index (χ4v) is 1.94. The lowest BCUT2D eigenvalue weighted by molar-refractivity contribution is -0.126. The molecule has 0 saturated heterocycles. The number of esters is 1. The molecule has 0 radical (unpaired) electrons. The largest absolute Gasteiger partial charge is 0.457 e. The maximum atomic E-state index is 11.8. The summed E-state index contributed by atoms with van der Waals surface area (Å²) in [6, 6.07) is 8.06. The summed E-state index contributed by atoms with van der Waals surface area (Å²) in [7, 11) is 0. The molecule has 0 saturated carbocycles. The van der Waals surface area contributed by atoms with Crippen molar-refractivity contribution in [2.24, 2.45) is 0 Å². The highest BCUT2D eigenvalue weighted by Crippen LogP contribution is 2.22. The minimum Gasteiger partial charge on any atom is -0.457 e. The number of hydrogen-bond donors (Lipinski definition) is 2. The van der Waals surface area contributed by atoms with E-state index in [1.807, 2.05) is 0 Å². The molecule has 2 aromatic rings. The van der Waals surface area contributed by atoms with Crippen molar-refractivity contribution in [3.05, 3.63) is 52.9 Å². The van der Waals surface area contributed by atoms with Crippen molar-refractivity contribution >= 4 is 35.1 Å². The Bertz CT molecular complexity index is 743. The summed E-state index contributed by atoms with van der Waals surface area (Å²) in [4.78, 5) is 34.9. The highest BCUT2D eigenvalue weighted by molar-refractivity contribution is 6.31. The molecule has 0 bridgehead atoms. The van der Waals surface area contributed by atoms with Crippen molar-refractivity contribution in [2.45, 2.75) is 6.92 Å². The van der Waals surface area contributed by atoms with Crippen LogP contribution < -0.4 is 10.6 Å². The third kappa shape index (κ3) is 4.85. The van der Waals surface area contributed by atoms with Crippen LogP contribution in [0.2, 0.25) is 5.02 Å². The van der Waals surface area contributed by atoms with Crippen molar-refractivity contribution in [3.8, 4) is 0 Å². The van der Waals surface area contributed by atoms with Crippen LogP contribution in [0, 0.1) is 6.92 Å². The molecular weight excluding hydrogens is 336 g/mol. The van der Waals surface area contributed by atoms with Crippen LogP contribution in [0.25, 0.3) is 0 Å². The molecule has 0 spiro atoms. The van der Waals surface area contributed by atoms with Gasteiger partial charge in [0.25, 0.3) is 5.91 Å². The van der Waals surface area contributed by atoms with Crippen LogP contribution in [0.15, 0.2) is 41.0 Å². The zero-order chi connectivity index (χ0) is 17.5. The minimum absolute atomic E-state index is 0.00280. The predicted octanol–water partition coefficient (Wildman–Crippen LogP) is 2.15. The molecule has 8 heteroatoms. The topological polar surface area (TPSA) is 97.6 Å². The maximum absolute atomic E-state index is 11.8. The van der Waals surface area contributed by atoms with Gasteiger partial charge in [-0.15, -0.1) is 0 Å². The number of carbonyl (C=O) groups excluding carboxylic acids is 3. The summed E-state index contributed by atoms with van der Waals surface area (Å²) in [6.45, 7) is 0.997. The summed E-state index contributed by atoms with van der Waals surface area (Å²) in [5.41, 5.74) is 1.29. The van der Waals surface area contributed by atoms with Gasteiger partial charge in [-0.2, -0.15) is 0 Å². The van der Waals surface area contributed by atoms with E-state index in [9.17, 15) is 14.4 Å². The van der Waals surface area contributed by atoms with E-state index >= 15 is 0 Å². The number of benzene rings is 1. The Balaban J connectivity index is 1.74. The first-order valence-corrected chi connectivity index (χ1v) is 7.37. The van der Waals surface area contributed by atoms with Gasteiger partial charge in [0.05, 0.1) is 12.8 Å². The molecule has 0 aliphatic carbocycles. The lowest BCUT2D eigenvalue weighted by Crippen LogP contribution is -2.35. The van der Waals surface area contributed by atoms with Gasteiger partial charge in [0, 0.05) is 10.7 Å². The molecule has 0 aliphatic heterocycles. The number of halogens is 1. The standard InChI is InChI=1S/C16H15ClN2O5/c1-10-11(17)4-2-5-12(10)19-14(20)8-18-15(21)9-24-16(22)13-6-3-7-23-13/h2-7H,8-9H2,1H3,(H,18,21)(H,19,20). The summed E-state index contributed by atoms with van der Waals surface area (Å²) in [6.07, 6.45) is 1.32. The molecule has 24 heavy (non-hydrogen) atoms. The van der Waals surface area contributed by atoms with Gasteiger partial charge in [-0.25, -0.2) is 4.79 Å². The van der Waals surface area contributed by atoms with E-state index < -0.39 is 24.4 Å². The lowest BCUT2D eigenvalue weighted by atomic mass is 10.2. The van der Waals surface area contributed by atoms with Gasteiger partial charge in [-0.3, -0.25) is 9.59 Å². The van der Waals surface area contributed by atoms with Gasteiger partial charge in [0.1, 0.15) is 0 Å². The summed E-state index contributed by atoms with van der Waals surface area (Å²) in [5.74, 6) is -1.79. The molecule has 1 aromatic heterocycles. The fraction of sp³-hybridized carbons (Fsp3) is 0.188. The van der Waals surface area contributed by atoms with Gasteiger partial charge >= 0.3 is 5.97 Å². The Hall–Kier alpha value is -2.80. The van der Waals surface area contributed by atoms with E-state index in [1.54, 1.807) is 25.1 Å². The lowest BCUT2D eigenvalue weighted by Gasteiger charge is -2.10. The average molecular weight is 351 g/mol. The number of ether oxygens (including phenoxy) is 1. The highest BCUT2D eigenvalue weighted by Gasteiger charge is 2.13. The summed E-state index contributed by atoms with van der Waals surface area (Å²) in [5, 5.41) is 5.51. The molecular formula is C16H15ClN2O5. The van der Waals surface area contributed by atoms with E-state index in [-0.39, 0.29) is 12.3 Å². The zero-order valence-corrected chi connectivity index (χ0v) is 13.6. The molecule has 1 heterocycles. The first kappa shape index (κ1) is 17.6. The Kier molecular flexibility index (Phi) is 5.97. The highest BCUT2D eigenvalue weighted by atomic mass is 35.5. The quantitative estimate of drug-likeness (QED) is 0.778. The Morgan fingerprint density at radius 3 is 2.67 bits per heavy atom. The van der Waals surface area contributed by atoms with Crippen LogP contribution in [0.4, 0.5) is 5.69 Å². The van der Waals surface area contributed by atoms with E-state index in [2.05, 4.69) is 10.6 Å². The van der Waals surface area contributed by atoms with Crippen molar-refractivity contribution in [1.29, 1.82) is 0 Å². The molecule has 0 fully saturated rings. The van der Waals surface area contributed by atoms with Crippen LogP contribution in [0.1, 0.15) is 16.1 Å². The van der Waals surface area contributed by atoms with E-state index in [0.717, 1.165) is 5.56 Å². The van der Waals surface area contributed by atoms with Crippen LogP contribution in [0.5, 0.6) is 0 Å². The number of rotatable bonds is 6. The summed E-state index contributed by atoms with van der Waals surface area (Å²) >= 11 is 5.96. The van der Waals surface area contributed by atoms with Crippen LogP contribution in [-0.2, 0) is 14.3 Å². The van der Waals surface area contributed by atoms with Gasteiger partial charge in [0.2, 0.25) is 11.7 Å². The molecule has 7 nitrogen and oxygen atoms in total. The molecule has 2 amide bonds. The second-order valence-corrected chi connectivity index (χ2v) is 5.20. The zero-order valence-electron chi connectivity index (χ0n) is 12.8. The van der Waals surface area contributed by atoms with E-state index in [0.29, 0.717) is 10.7 Å². The third-order valence-corrected chi connectivity index (χ3v) is 3.45. The SMILES string of the molecule is Cc1c(Cl)cccc1NC(=O)CNC(=O)COC(=O)c1ccco1. The van der Waals surface area contributed by atoms with Crippen molar-refractivity contribution < 1.29 is 23.5 Å². The molecule has 0 aliphatic rings. The summed E-state index contributed by atoms with van der Waals surface area (Å²) < 4.78 is 9.57. The Morgan fingerprint density at radius 1 is 1.17 bits per heavy atom. The van der Waals surface area contributed by atoms with Gasteiger partial charge < -0.3 is 19.8 Å². The third-order valence-electron chi connectivity index (χ3n) is 3.04. The van der Waals surface area contributed by atoms with Crippen LogP contribution in [0.3, 0.4) is 0 Å². The van der Waals surface area contributed by atoms with Crippen molar-refractivity contribution in [3.63, 3.8) is 0 Å². The van der Waals surface area contributed by atoms with Gasteiger partial charge in [-0.1, -0.05) is 17.7 Å². The second-order valence-electron chi connectivity index (χ2n) is 4.79. The van der Waals surface area contributed by atoms with Crippen LogP contribution >= 0.6 is 11.6 Å². The monoisotopic (exact) mass is 350 g/mol. The number of nitrogens with one attached hydrogen (secondary N) is 2. The number of hydrogen-bond acceptors (Lipinski definition) is 5. The van der Waals surface area contributed by atoms with Gasteiger partial charge in [0.15, 0.2) is 6.61 Å². The second kappa shape index (κ2) is 8.16. The predicted molar refractivity (Wildman–Crippen MR) is 86.8 cm³/mol. The Labute approximate surface area is 142 Å². The number of carbonyl (C=O) groups is 3. The molecule has 1 aromatic carbocycles. The molecule has 0 unspecified atom stereocenters. The first-order chi connectivity index (χ1) is 11.5. The Morgan fingerprint density at radius 2 is 1.96 bits per heavy atom. The minimum atomic E-state index is -0.755. The van der Waals surface area contributed by atoms with Crippen molar-refractivity contribution in [1.82, 2.24) is 5.32 Å². The molecule has 0 atom stereocenters. The maximum Gasteiger partial charge on any atom is 0.374 e. The molecule has 2 rings (SSSR count). The van der Waals surface area contributed by atoms with Crippen molar-refractivity contribution in [2.75, 3.05) is 18.5 Å². The molecule has 2 N–H and O–H groups in total. The fourth-order valence-electron chi connectivity index (χ4n) is 1.76. The van der Waals surface area contributed by atoms with Crippen LogP contribution in [-0.4, -0.2) is 30.9 Å².